The molecule has 0 aliphatic rings. The number of nitrogens with one attached hydrogen (secondary N) is 1. The number of benzene rings is 1. The first-order chi connectivity index (χ1) is 8.90. The highest BCUT2D eigenvalue weighted by atomic mass is 19.1. The highest BCUT2D eigenvalue weighted by Gasteiger charge is 2.15. The van der Waals surface area contributed by atoms with Crippen molar-refractivity contribution in [1.29, 1.82) is 0 Å². The Morgan fingerprint density at radius 1 is 1.37 bits per heavy atom. The standard InChI is InChI=1S/C13H11FN2O3/c1-6-5-8(3-4-9(6)14)11-15-7(2)10(13(18)19)12(17)16-11/h3-5H,1-2H3,(H,18,19)(H,15,16,17). The summed E-state index contributed by atoms with van der Waals surface area (Å²) < 4.78 is 13.2. The Balaban J connectivity index is 2.61. The molecule has 0 radical (unpaired) electrons. The second kappa shape index (κ2) is 4.64. The second-order valence-corrected chi connectivity index (χ2v) is 4.14. The van der Waals surface area contributed by atoms with Crippen LogP contribution in [0.15, 0.2) is 23.0 Å². The molecule has 1 aromatic heterocycles. The van der Waals surface area contributed by atoms with E-state index in [1.807, 2.05) is 0 Å². The van der Waals surface area contributed by atoms with Gasteiger partial charge in [-0.05, 0) is 37.6 Å². The lowest BCUT2D eigenvalue weighted by molar-refractivity contribution is 0.0693. The molecule has 2 rings (SSSR count). The van der Waals surface area contributed by atoms with E-state index in [-0.39, 0.29) is 22.9 Å². The molecule has 0 aliphatic heterocycles. The Bertz CT molecular complexity index is 722. The average molecular weight is 262 g/mol. The number of hydrogen-bond donors (Lipinski definition) is 2. The largest absolute Gasteiger partial charge is 0.477 e. The highest BCUT2D eigenvalue weighted by molar-refractivity contribution is 5.88. The van der Waals surface area contributed by atoms with E-state index >= 15 is 0 Å². The van der Waals surface area contributed by atoms with Crippen molar-refractivity contribution in [2.75, 3.05) is 0 Å². The lowest BCUT2D eigenvalue weighted by Crippen LogP contribution is -2.21. The summed E-state index contributed by atoms with van der Waals surface area (Å²) in [4.78, 5) is 29.0. The topological polar surface area (TPSA) is 83.0 Å². The zero-order chi connectivity index (χ0) is 14.2. The van der Waals surface area contributed by atoms with Gasteiger partial charge in [0.15, 0.2) is 0 Å². The summed E-state index contributed by atoms with van der Waals surface area (Å²) in [5.41, 5.74) is -0.0519. The quantitative estimate of drug-likeness (QED) is 0.865. The molecule has 0 spiro atoms. The number of hydrogen-bond acceptors (Lipinski definition) is 3. The number of aromatic carboxylic acids is 1. The molecule has 19 heavy (non-hydrogen) atoms. The zero-order valence-corrected chi connectivity index (χ0v) is 10.3. The van der Waals surface area contributed by atoms with E-state index in [4.69, 9.17) is 5.11 Å². The lowest BCUT2D eigenvalue weighted by atomic mass is 10.1. The summed E-state index contributed by atoms with van der Waals surface area (Å²) in [5, 5.41) is 8.88. The van der Waals surface area contributed by atoms with Gasteiger partial charge in [-0.3, -0.25) is 4.79 Å². The molecular formula is C13H11FN2O3. The van der Waals surface area contributed by atoms with Crippen LogP contribution in [0.3, 0.4) is 0 Å². The van der Waals surface area contributed by atoms with Gasteiger partial charge in [-0.15, -0.1) is 0 Å². The van der Waals surface area contributed by atoms with E-state index in [0.717, 1.165) is 0 Å². The van der Waals surface area contributed by atoms with Gasteiger partial charge in [0.05, 0.1) is 5.69 Å². The van der Waals surface area contributed by atoms with Crippen LogP contribution in [-0.2, 0) is 0 Å². The van der Waals surface area contributed by atoms with Crippen molar-refractivity contribution >= 4 is 5.97 Å². The minimum atomic E-state index is -1.33. The summed E-state index contributed by atoms with van der Waals surface area (Å²) in [6.45, 7) is 3.04. The highest BCUT2D eigenvalue weighted by Crippen LogP contribution is 2.18. The van der Waals surface area contributed by atoms with Gasteiger partial charge in [0.25, 0.3) is 5.56 Å². The first-order valence-electron chi connectivity index (χ1n) is 5.51. The van der Waals surface area contributed by atoms with Gasteiger partial charge >= 0.3 is 5.97 Å². The molecule has 0 saturated carbocycles. The van der Waals surface area contributed by atoms with Crippen molar-refractivity contribution in [3.8, 4) is 11.4 Å². The third-order valence-electron chi connectivity index (χ3n) is 2.75. The third-order valence-corrected chi connectivity index (χ3v) is 2.75. The molecule has 0 aliphatic carbocycles. The predicted octanol–water partition coefficient (Wildman–Crippen LogP) is 1.89. The number of carboxylic acid groups (broad SMARTS) is 1. The number of carbonyl (C=O) groups is 1. The summed E-state index contributed by atoms with van der Waals surface area (Å²) in [7, 11) is 0. The molecule has 0 atom stereocenters. The Hall–Kier alpha value is -2.50. The van der Waals surface area contributed by atoms with E-state index in [2.05, 4.69) is 9.97 Å². The number of halogens is 1. The number of H-pyrrole nitrogens is 1. The van der Waals surface area contributed by atoms with Crippen molar-refractivity contribution < 1.29 is 14.3 Å². The molecule has 6 heteroatoms. The van der Waals surface area contributed by atoms with Crippen LogP contribution in [0.4, 0.5) is 4.39 Å². The fraction of sp³-hybridized carbons (Fsp3) is 0.154. The summed E-state index contributed by atoms with van der Waals surface area (Å²) in [6, 6.07) is 4.28. The van der Waals surface area contributed by atoms with E-state index in [9.17, 15) is 14.0 Å². The molecule has 0 amide bonds. The fourth-order valence-electron chi connectivity index (χ4n) is 1.77. The van der Waals surface area contributed by atoms with E-state index in [1.165, 1.54) is 25.1 Å². The van der Waals surface area contributed by atoms with Gasteiger partial charge in [0, 0.05) is 5.56 Å². The maximum absolute atomic E-state index is 13.2. The number of nitrogens with zero attached hydrogens (tertiary/aromatic N) is 1. The molecular weight excluding hydrogens is 251 g/mol. The number of carboxylic acids is 1. The van der Waals surface area contributed by atoms with Gasteiger partial charge in [0.1, 0.15) is 17.2 Å². The minimum Gasteiger partial charge on any atom is -0.477 e. The predicted molar refractivity (Wildman–Crippen MR) is 66.7 cm³/mol. The maximum atomic E-state index is 13.2. The molecule has 1 heterocycles. The maximum Gasteiger partial charge on any atom is 0.343 e. The SMILES string of the molecule is Cc1cc(-c2nc(C)c(C(=O)O)c(=O)[nH]2)ccc1F. The summed E-state index contributed by atoms with van der Waals surface area (Å²) in [5.74, 6) is -1.46. The van der Waals surface area contributed by atoms with Crippen LogP contribution >= 0.6 is 0 Å². The lowest BCUT2D eigenvalue weighted by Gasteiger charge is -2.05. The molecule has 5 nitrogen and oxygen atoms in total. The van der Waals surface area contributed by atoms with Gasteiger partial charge < -0.3 is 10.1 Å². The Morgan fingerprint density at radius 2 is 2.05 bits per heavy atom. The van der Waals surface area contributed by atoms with Crippen LogP contribution < -0.4 is 5.56 Å². The van der Waals surface area contributed by atoms with Crippen LogP contribution in [0.1, 0.15) is 21.6 Å². The smallest absolute Gasteiger partial charge is 0.343 e. The van der Waals surface area contributed by atoms with E-state index in [1.54, 1.807) is 6.92 Å². The van der Waals surface area contributed by atoms with E-state index < -0.39 is 11.5 Å². The normalized spacial score (nSPS) is 10.5. The molecule has 0 fully saturated rings. The number of rotatable bonds is 2. The monoisotopic (exact) mass is 262 g/mol. The third kappa shape index (κ3) is 2.37. The van der Waals surface area contributed by atoms with Crippen LogP contribution in [0.25, 0.3) is 11.4 Å². The van der Waals surface area contributed by atoms with E-state index in [0.29, 0.717) is 11.1 Å². The van der Waals surface area contributed by atoms with Crippen LogP contribution in [0.5, 0.6) is 0 Å². The number of aromatic nitrogens is 2. The first-order valence-corrected chi connectivity index (χ1v) is 5.51. The van der Waals surface area contributed by atoms with Crippen molar-refractivity contribution in [2.24, 2.45) is 0 Å². The van der Waals surface area contributed by atoms with Gasteiger partial charge in [-0.2, -0.15) is 0 Å². The Labute approximate surface area is 107 Å². The van der Waals surface area contributed by atoms with Crippen LogP contribution in [0, 0.1) is 19.7 Å². The molecule has 1 aromatic carbocycles. The van der Waals surface area contributed by atoms with Crippen molar-refractivity contribution in [3.63, 3.8) is 0 Å². The molecule has 98 valence electrons. The molecule has 0 saturated heterocycles. The Kier molecular flexibility index (Phi) is 3.16. The Morgan fingerprint density at radius 3 is 2.58 bits per heavy atom. The zero-order valence-electron chi connectivity index (χ0n) is 10.3. The summed E-state index contributed by atoms with van der Waals surface area (Å²) in [6.07, 6.45) is 0. The van der Waals surface area contributed by atoms with Crippen LogP contribution in [-0.4, -0.2) is 21.0 Å². The van der Waals surface area contributed by atoms with Crippen molar-refractivity contribution in [2.45, 2.75) is 13.8 Å². The van der Waals surface area contributed by atoms with Gasteiger partial charge in [-0.1, -0.05) is 0 Å². The molecule has 0 bridgehead atoms. The molecule has 2 aromatic rings. The fourth-order valence-corrected chi connectivity index (χ4v) is 1.77. The number of aromatic amines is 1. The van der Waals surface area contributed by atoms with Crippen molar-refractivity contribution in [1.82, 2.24) is 9.97 Å². The van der Waals surface area contributed by atoms with Crippen molar-refractivity contribution in [3.05, 3.63) is 51.2 Å². The average Bonchev–Trinajstić information content (AvgIpc) is 2.31. The van der Waals surface area contributed by atoms with Gasteiger partial charge in [0.2, 0.25) is 0 Å². The first kappa shape index (κ1) is 12.9. The van der Waals surface area contributed by atoms with Crippen LogP contribution in [0.2, 0.25) is 0 Å². The number of aryl methyl sites for hydroxylation is 2. The van der Waals surface area contributed by atoms with Gasteiger partial charge in [-0.25, -0.2) is 14.2 Å². The summed E-state index contributed by atoms with van der Waals surface area (Å²) >= 11 is 0. The molecule has 0 unspecified atom stereocenters. The second-order valence-electron chi connectivity index (χ2n) is 4.14. The minimum absolute atomic E-state index is 0.119. The molecule has 2 N–H and O–H groups in total.